The number of carbonyl (C=O) groups excluding carboxylic acids is 3. The van der Waals surface area contributed by atoms with Gasteiger partial charge >= 0.3 is 0 Å². The Morgan fingerprint density at radius 2 is 1.65 bits per heavy atom. The second-order valence-electron chi connectivity index (χ2n) is 8.08. The summed E-state index contributed by atoms with van der Waals surface area (Å²) in [5.41, 5.74) is 0.989. The Morgan fingerprint density at radius 3 is 2.23 bits per heavy atom. The van der Waals surface area contributed by atoms with Gasteiger partial charge in [0.25, 0.3) is 0 Å². The van der Waals surface area contributed by atoms with Crippen LogP contribution in [0.5, 0.6) is 0 Å². The average molecular weight is 350 g/mol. The van der Waals surface area contributed by atoms with Gasteiger partial charge in [-0.1, -0.05) is 42.5 Å². The predicted octanol–water partition coefficient (Wildman–Crippen LogP) is 1.74. The van der Waals surface area contributed by atoms with Crippen molar-refractivity contribution in [2.24, 2.45) is 35.5 Å². The highest BCUT2D eigenvalue weighted by Gasteiger charge is 2.67. The topological polar surface area (TPSA) is 66.5 Å². The Labute approximate surface area is 152 Å². The lowest BCUT2D eigenvalue weighted by Gasteiger charge is -2.37. The minimum absolute atomic E-state index is 0.146. The van der Waals surface area contributed by atoms with E-state index < -0.39 is 6.04 Å². The van der Waals surface area contributed by atoms with Crippen LogP contribution in [0, 0.1) is 35.5 Å². The molecule has 0 radical (unpaired) electrons. The van der Waals surface area contributed by atoms with Gasteiger partial charge in [0.1, 0.15) is 6.04 Å². The highest BCUT2D eigenvalue weighted by atomic mass is 16.2. The summed E-state index contributed by atoms with van der Waals surface area (Å²) in [4.78, 5) is 39.9. The molecule has 6 rings (SSSR count). The van der Waals surface area contributed by atoms with Gasteiger partial charge in [-0.3, -0.25) is 19.3 Å². The van der Waals surface area contributed by atoms with Crippen molar-refractivity contribution in [2.75, 3.05) is 0 Å². The van der Waals surface area contributed by atoms with E-state index in [2.05, 4.69) is 17.5 Å². The van der Waals surface area contributed by atoms with Crippen LogP contribution in [-0.4, -0.2) is 28.7 Å². The summed E-state index contributed by atoms with van der Waals surface area (Å²) < 4.78 is 0. The molecule has 1 saturated heterocycles. The summed E-state index contributed by atoms with van der Waals surface area (Å²) >= 11 is 0. The third-order valence-electron chi connectivity index (χ3n) is 6.77. The number of nitrogens with zero attached hydrogens (tertiary/aromatic N) is 1. The fourth-order valence-electron chi connectivity index (χ4n) is 5.41. The average Bonchev–Trinajstić information content (AvgIpc) is 3.44. The van der Waals surface area contributed by atoms with Crippen molar-refractivity contribution in [3.05, 3.63) is 48.0 Å². The van der Waals surface area contributed by atoms with Gasteiger partial charge in [-0.15, -0.1) is 0 Å². The van der Waals surface area contributed by atoms with Crippen molar-refractivity contribution in [3.8, 4) is 0 Å². The van der Waals surface area contributed by atoms with Gasteiger partial charge in [0.15, 0.2) is 0 Å². The zero-order valence-corrected chi connectivity index (χ0v) is 14.7. The minimum Gasteiger partial charge on any atom is -0.350 e. The van der Waals surface area contributed by atoms with Crippen LogP contribution >= 0.6 is 0 Å². The molecule has 1 aromatic rings. The maximum absolute atomic E-state index is 13.0. The summed E-state index contributed by atoms with van der Waals surface area (Å²) in [6.45, 7) is 2.05. The number of carbonyl (C=O) groups is 3. The van der Waals surface area contributed by atoms with Crippen LogP contribution in [0.25, 0.3) is 0 Å². The Balaban J connectivity index is 1.32. The highest BCUT2D eigenvalue weighted by molar-refractivity contribution is 6.09. The molecule has 2 saturated carbocycles. The lowest BCUT2D eigenvalue weighted by molar-refractivity contribution is -0.147. The SMILES string of the molecule is C[C@H](C(=O)NCc1ccccc1)N1C(=O)[C@@H]2[C@H]3C=C[C@@H]([C@@H]4C[C@@H]34)[C@H]2C1=O. The molecule has 0 unspecified atom stereocenters. The maximum Gasteiger partial charge on any atom is 0.243 e. The van der Waals surface area contributed by atoms with E-state index in [0.717, 1.165) is 12.0 Å². The number of benzene rings is 1. The van der Waals surface area contributed by atoms with Crippen molar-refractivity contribution in [3.63, 3.8) is 0 Å². The van der Waals surface area contributed by atoms with Crippen LogP contribution in [-0.2, 0) is 20.9 Å². The minimum atomic E-state index is -0.764. The molecule has 2 bridgehead atoms. The number of nitrogens with one attached hydrogen (secondary N) is 1. The summed E-state index contributed by atoms with van der Waals surface area (Å²) in [5, 5.41) is 2.85. The van der Waals surface area contributed by atoms with E-state index in [9.17, 15) is 14.4 Å². The summed E-state index contributed by atoms with van der Waals surface area (Å²) in [6, 6.07) is 8.85. The van der Waals surface area contributed by atoms with Gasteiger partial charge in [-0.2, -0.15) is 0 Å². The Kier molecular flexibility index (Phi) is 3.36. The third kappa shape index (κ3) is 2.12. The molecule has 1 aliphatic heterocycles. The lowest BCUT2D eigenvalue weighted by atomic mass is 9.63. The molecule has 1 aromatic carbocycles. The number of hydrogen-bond donors (Lipinski definition) is 1. The first-order valence-corrected chi connectivity index (χ1v) is 9.45. The maximum atomic E-state index is 13.0. The number of rotatable bonds is 4. The molecule has 134 valence electrons. The van der Waals surface area contributed by atoms with E-state index in [4.69, 9.17) is 0 Å². The molecule has 26 heavy (non-hydrogen) atoms. The molecule has 1 heterocycles. The largest absolute Gasteiger partial charge is 0.350 e. The van der Waals surface area contributed by atoms with Gasteiger partial charge in [-0.05, 0) is 42.6 Å². The van der Waals surface area contributed by atoms with E-state index in [-0.39, 0.29) is 41.4 Å². The molecule has 5 aliphatic rings. The molecular formula is C21H22N2O3. The molecule has 5 nitrogen and oxygen atoms in total. The van der Waals surface area contributed by atoms with Crippen molar-refractivity contribution in [2.45, 2.75) is 25.9 Å². The van der Waals surface area contributed by atoms with Gasteiger partial charge in [0, 0.05) is 6.54 Å². The molecule has 3 amide bonds. The van der Waals surface area contributed by atoms with Crippen LogP contribution in [0.2, 0.25) is 0 Å². The van der Waals surface area contributed by atoms with Gasteiger partial charge in [0.2, 0.25) is 17.7 Å². The highest BCUT2D eigenvalue weighted by Crippen LogP contribution is 2.65. The second kappa shape index (κ2) is 5.53. The molecule has 4 aliphatic carbocycles. The monoisotopic (exact) mass is 350 g/mol. The summed E-state index contributed by atoms with van der Waals surface area (Å²) in [5.74, 6) is 0.470. The van der Waals surface area contributed by atoms with Crippen LogP contribution in [0.15, 0.2) is 42.5 Å². The number of likely N-dealkylation sites (tertiary alicyclic amines) is 1. The Morgan fingerprint density at radius 1 is 1.08 bits per heavy atom. The zero-order chi connectivity index (χ0) is 18.0. The number of hydrogen-bond acceptors (Lipinski definition) is 3. The molecule has 3 fully saturated rings. The van der Waals surface area contributed by atoms with E-state index >= 15 is 0 Å². The van der Waals surface area contributed by atoms with E-state index in [1.54, 1.807) is 6.92 Å². The van der Waals surface area contributed by atoms with Crippen molar-refractivity contribution >= 4 is 17.7 Å². The fraction of sp³-hybridized carbons (Fsp3) is 0.476. The van der Waals surface area contributed by atoms with Gasteiger partial charge < -0.3 is 5.32 Å². The molecule has 5 heteroatoms. The van der Waals surface area contributed by atoms with Crippen molar-refractivity contribution in [1.82, 2.24) is 10.2 Å². The molecule has 7 atom stereocenters. The number of amides is 3. The molecule has 0 aromatic heterocycles. The van der Waals surface area contributed by atoms with E-state index in [1.165, 1.54) is 4.90 Å². The van der Waals surface area contributed by atoms with E-state index in [1.807, 2.05) is 30.3 Å². The first kappa shape index (κ1) is 15.8. The smallest absolute Gasteiger partial charge is 0.243 e. The lowest BCUT2D eigenvalue weighted by Crippen LogP contribution is -2.48. The predicted molar refractivity (Wildman–Crippen MR) is 94.3 cm³/mol. The number of imide groups is 1. The van der Waals surface area contributed by atoms with Crippen molar-refractivity contribution in [1.29, 1.82) is 0 Å². The van der Waals surface area contributed by atoms with Crippen LogP contribution in [0.4, 0.5) is 0 Å². The quantitative estimate of drug-likeness (QED) is 0.664. The van der Waals surface area contributed by atoms with Crippen LogP contribution < -0.4 is 5.32 Å². The molecular weight excluding hydrogens is 328 g/mol. The second-order valence-corrected chi connectivity index (χ2v) is 8.08. The first-order valence-electron chi connectivity index (χ1n) is 9.45. The van der Waals surface area contributed by atoms with Gasteiger partial charge in [-0.25, -0.2) is 0 Å². The van der Waals surface area contributed by atoms with Gasteiger partial charge in [0.05, 0.1) is 11.8 Å². The van der Waals surface area contributed by atoms with E-state index in [0.29, 0.717) is 18.4 Å². The summed E-state index contributed by atoms with van der Waals surface area (Å²) in [7, 11) is 0. The summed E-state index contributed by atoms with van der Waals surface area (Å²) in [6.07, 6.45) is 5.44. The van der Waals surface area contributed by atoms with Crippen LogP contribution in [0.3, 0.4) is 0 Å². The van der Waals surface area contributed by atoms with Crippen LogP contribution in [0.1, 0.15) is 18.9 Å². The molecule has 0 spiro atoms. The normalized spacial score (nSPS) is 37.3. The fourth-order valence-corrected chi connectivity index (χ4v) is 5.41. The molecule has 1 N–H and O–H groups in total. The number of allylic oxidation sites excluding steroid dienone is 2. The van der Waals surface area contributed by atoms with Crippen molar-refractivity contribution < 1.29 is 14.4 Å². The standard InChI is InChI=1S/C21H22N2O3/c1-11(19(24)22-10-12-5-3-2-4-6-12)23-20(25)17-13-7-8-14(16-9-15(13)16)18(17)21(23)26/h2-8,11,13-18H,9-10H2,1H3,(H,22,24)/t11-,13+,14+,15+,16+,17-,18-/m1/s1. The Hall–Kier alpha value is -2.43. The Bertz CT molecular complexity index is 782. The third-order valence-corrected chi connectivity index (χ3v) is 6.77. The first-order chi connectivity index (χ1) is 12.6. The zero-order valence-electron chi connectivity index (χ0n) is 14.7.